The molecule has 0 aliphatic rings. The lowest BCUT2D eigenvalue weighted by atomic mass is 10.2. The third-order valence-electron chi connectivity index (χ3n) is 2.09. The number of aromatic nitrogens is 2. The van der Waals surface area contributed by atoms with Crippen LogP contribution in [-0.2, 0) is 16.0 Å². The van der Waals surface area contributed by atoms with Crippen LogP contribution < -0.4 is 10.9 Å². The van der Waals surface area contributed by atoms with Gasteiger partial charge in [-0.3, -0.25) is 14.6 Å². The molecule has 0 aromatic carbocycles. The zero-order valence-electron chi connectivity index (χ0n) is 9.59. The maximum Gasteiger partial charge on any atom is 0.310 e. The monoisotopic (exact) mass is 225 g/mol. The first-order chi connectivity index (χ1) is 7.58. The number of aromatic amines is 1. The van der Waals surface area contributed by atoms with Gasteiger partial charge in [0.05, 0.1) is 18.7 Å². The molecule has 0 spiro atoms. The van der Waals surface area contributed by atoms with Crippen molar-refractivity contribution in [3.05, 3.63) is 21.6 Å². The molecule has 0 saturated carbocycles. The number of hydrogen-bond donors (Lipinski definition) is 2. The van der Waals surface area contributed by atoms with Gasteiger partial charge in [0.1, 0.15) is 0 Å². The number of ether oxygens (including phenoxy) is 1. The van der Waals surface area contributed by atoms with E-state index in [1.54, 1.807) is 20.9 Å². The molecule has 1 rings (SSSR count). The number of hydrogen-bond acceptors (Lipinski definition) is 5. The van der Waals surface area contributed by atoms with Crippen molar-refractivity contribution in [3.63, 3.8) is 0 Å². The Hall–Kier alpha value is -1.85. The first-order valence-electron chi connectivity index (χ1n) is 5.01. The summed E-state index contributed by atoms with van der Waals surface area (Å²) in [7, 11) is 1.66. The summed E-state index contributed by atoms with van der Waals surface area (Å²) in [6.07, 6.45) is -0.0496. The molecule has 0 aliphatic heterocycles. The number of H-pyrrole nitrogens is 1. The smallest absolute Gasteiger partial charge is 0.310 e. The van der Waals surface area contributed by atoms with Crippen LogP contribution in [0, 0.1) is 6.92 Å². The molecule has 88 valence electrons. The summed E-state index contributed by atoms with van der Waals surface area (Å²) >= 11 is 0. The van der Waals surface area contributed by atoms with Gasteiger partial charge >= 0.3 is 5.97 Å². The highest BCUT2D eigenvalue weighted by Crippen LogP contribution is 2.03. The summed E-state index contributed by atoms with van der Waals surface area (Å²) in [6, 6.07) is 0. The molecule has 6 nitrogen and oxygen atoms in total. The lowest BCUT2D eigenvalue weighted by Crippen LogP contribution is -2.22. The lowest BCUT2D eigenvalue weighted by molar-refractivity contribution is -0.142. The molecule has 1 aromatic heterocycles. The summed E-state index contributed by atoms with van der Waals surface area (Å²) < 4.78 is 4.78. The summed E-state index contributed by atoms with van der Waals surface area (Å²) in [5.74, 6) is -0.0368. The Morgan fingerprint density at radius 2 is 2.25 bits per heavy atom. The Labute approximate surface area is 93.0 Å². The van der Waals surface area contributed by atoms with Gasteiger partial charge < -0.3 is 10.1 Å². The van der Waals surface area contributed by atoms with E-state index < -0.39 is 5.97 Å². The van der Waals surface area contributed by atoms with Gasteiger partial charge in [0.25, 0.3) is 5.56 Å². The standard InChI is InChI=1S/C10H15N3O3/c1-4-16-8(14)5-7-6(2)12-10(11-3)13-9(7)15/h4-5H2,1-3H3,(H2,11,12,13,15). The second-order valence-corrected chi connectivity index (χ2v) is 3.21. The van der Waals surface area contributed by atoms with Gasteiger partial charge in [0.15, 0.2) is 0 Å². The van der Waals surface area contributed by atoms with Crippen molar-refractivity contribution >= 4 is 11.9 Å². The lowest BCUT2D eigenvalue weighted by Gasteiger charge is -2.06. The molecule has 0 saturated heterocycles. The fourth-order valence-electron chi connectivity index (χ4n) is 1.29. The minimum absolute atomic E-state index is 0.0496. The maximum atomic E-state index is 11.6. The van der Waals surface area contributed by atoms with E-state index in [1.165, 1.54) is 0 Å². The van der Waals surface area contributed by atoms with Crippen LogP contribution in [0.4, 0.5) is 5.95 Å². The highest BCUT2D eigenvalue weighted by molar-refractivity contribution is 5.72. The fraction of sp³-hybridized carbons (Fsp3) is 0.500. The van der Waals surface area contributed by atoms with E-state index in [1.807, 2.05) is 0 Å². The number of anilines is 1. The number of nitrogens with one attached hydrogen (secondary N) is 2. The molecule has 0 bridgehead atoms. The number of carbonyl (C=O) groups is 1. The fourth-order valence-corrected chi connectivity index (χ4v) is 1.29. The predicted octanol–water partition coefficient (Wildman–Crippen LogP) is 0.226. The summed E-state index contributed by atoms with van der Waals surface area (Å²) in [5, 5.41) is 2.73. The van der Waals surface area contributed by atoms with Crippen molar-refractivity contribution in [2.24, 2.45) is 0 Å². The Kier molecular flexibility index (Phi) is 4.04. The van der Waals surface area contributed by atoms with Crippen molar-refractivity contribution in [1.82, 2.24) is 9.97 Å². The van der Waals surface area contributed by atoms with Crippen molar-refractivity contribution in [3.8, 4) is 0 Å². The molecular weight excluding hydrogens is 210 g/mol. The minimum Gasteiger partial charge on any atom is -0.466 e. The summed E-state index contributed by atoms with van der Waals surface area (Å²) in [6.45, 7) is 3.71. The Morgan fingerprint density at radius 3 is 2.75 bits per heavy atom. The highest BCUT2D eigenvalue weighted by atomic mass is 16.5. The number of carbonyl (C=O) groups excluding carboxylic acids is 1. The maximum absolute atomic E-state index is 11.6. The predicted molar refractivity (Wildman–Crippen MR) is 59.5 cm³/mol. The van der Waals surface area contributed by atoms with E-state index in [0.717, 1.165) is 0 Å². The van der Waals surface area contributed by atoms with E-state index in [2.05, 4.69) is 15.3 Å². The Bertz CT molecular complexity index is 439. The molecule has 0 radical (unpaired) electrons. The van der Waals surface area contributed by atoms with Crippen LogP contribution in [0.25, 0.3) is 0 Å². The molecule has 2 N–H and O–H groups in total. The molecule has 1 aromatic rings. The number of nitrogens with zero attached hydrogens (tertiary/aromatic N) is 1. The van der Waals surface area contributed by atoms with E-state index in [0.29, 0.717) is 23.8 Å². The van der Waals surface area contributed by atoms with Crippen LogP contribution in [0.2, 0.25) is 0 Å². The van der Waals surface area contributed by atoms with Gasteiger partial charge in [-0.1, -0.05) is 0 Å². The van der Waals surface area contributed by atoms with E-state index >= 15 is 0 Å². The Morgan fingerprint density at radius 1 is 1.56 bits per heavy atom. The normalized spacial score (nSPS) is 9.94. The number of rotatable bonds is 4. The summed E-state index contributed by atoms with van der Waals surface area (Å²) in [4.78, 5) is 29.5. The van der Waals surface area contributed by atoms with Gasteiger partial charge in [-0.05, 0) is 13.8 Å². The minimum atomic E-state index is -0.421. The molecule has 0 amide bonds. The molecular formula is C10H15N3O3. The van der Waals surface area contributed by atoms with Crippen LogP contribution in [0.3, 0.4) is 0 Å². The van der Waals surface area contributed by atoms with Crippen LogP contribution >= 0.6 is 0 Å². The zero-order valence-corrected chi connectivity index (χ0v) is 9.59. The van der Waals surface area contributed by atoms with Gasteiger partial charge in [0.2, 0.25) is 5.95 Å². The van der Waals surface area contributed by atoms with Gasteiger partial charge in [-0.15, -0.1) is 0 Å². The van der Waals surface area contributed by atoms with E-state index in [4.69, 9.17) is 4.74 Å². The van der Waals surface area contributed by atoms with Crippen molar-refractivity contribution in [1.29, 1.82) is 0 Å². The quantitative estimate of drug-likeness (QED) is 0.716. The Balaban J connectivity index is 2.97. The average molecular weight is 225 g/mol. The van der Waals surface area contributed by atoms with E-state index in [9.17, 15) is 9.59 Å². The molecule has 1 heterocycles. The van der Waals surface area contributed by atoms with Gasteiger partial charge in [0, 0.05) is 12.6 Å². The number of aryl methyl sites for hydroxylation is 1. The highest BCUT2D eigenvalue weighted by Gasteiger charge is 2.12. The van der Waals surface area contributed by atoms with Crippen LogP contribution in [0.5, 0.6) is 0 Å². The van der Waals surface area contributed by atoms with Crippen LogP contribution in [0.1, 0.15) is 18.2 Å². The third kappa shape index (κ3) is 2.82. The zero-order chi connectivity index (χ0) is 12.1. The first-order valence-corrected chi connectivity index (χ1v) is 5.01. The van der Waals surface area contributed by atoms with Crippen molar-refractivity contribution in [2.75, 3.05) is 19.0 Å². The van der Waals surface area contributed by atoms with Crippen LogP contribution in [-0.4, -0.2) is 29.6 Å². The molecule has 6 heteroatoms. The van der Waals surface area contributed by atoms with Crippen LogP contribution in [0.15, 0.2) is 4.79 Å². The molecule has 16 heavy (non-hydrogen) atoms. The largest absolute Gasteiger partial charge is 0.466 e. The molecule has 0 aliphatic carbocycles. The second-order valence-electron chi connectivity index (χ2n) is 3.21. The topological polar surface area (TPSA) is 84.1 Å². The molecule has 0 atom stereocenters. The van der Waals surface area contributed by atoms with Crippen molar-refractivity contribution in [2.45, 2.75) is 20.3 Å². The second kappa shape index (κ2) is 5.29. The summed E-state index contributed by atoms with van der Waals surface area (Å²) in [5.41, 5.74) is 0.559. The first kappa shape index (κ1) is 12.2. The molecule has 0 fully saturated rings. The molecule has 0 unspecified atom stereocenters. The van der Waals surface area contributed by atoms with Crippen molar-refractivity contribution < 1.29 is 9.53 Å². The third-order valence-corrected chi connectivity index (χ3v) is 2.09. The van der Waals surface area contributed by atoms with Gasteiger partial charge in [-0.25, -0.2) is 4.98 Å². The number of esters is 1. The van der Waals surface area contributed by atoms with E-state index in [-0.39, 0.29) is 12.0 Å². The SMILES string of the molecule is CCOC(=O)Cc1c(C)nc(NC)[nH]c1=O. The van der Waals surface area contributed by atoms with Gasteiger partial charge in [-0.2, -0.15) is 0 Å². The average Bonchev–Trinajstić information content (AvgIpc) is 2.23.